The Morgan fingerprint density at radius 2 is 1.02 bits per heavy atom. The minimum absolute atomic E-state index is 0. The van der Waals surface area contributed by atoms with Gasteiger partial charge in [-0.25, -0.2) is 9.59 Å². The molecule has 0 aliphatic carbocycles. The molecule has 2 N–H and O–H groups in total. The number of hydrogen-bond acceptors (Lipinski definition) is 10. The van der Waals surface area contributed by atoms with Crippen LogP contribution < -0.4 is 5.32 Å². The Labute approximate surface area is 572 Å². The molecule has 0 bridgehead atoms. The number of fused-ring (bicyclic) bond motifs is 4. The lowest BCUT2D eigenvalue weighted by Gasteiger charge is -2.46. The fourth-order valence-electron chi connectivity index (χ4n) is 12.0. The lowest BCUT2D eigenvalue weighted by Crippen LogP contribution is -2.56. The van der Waals surface area contributed by atoms with Gasteiger partial charge in [0, 0.05) is 93.3 Å². The second-order valence-electron chi connectivity index (χ2n) is 23.2. The Morgan fingerprint density at radius 1 is 0.640 bits per heavy atom. The Morgan fingerprint density at radius 3 is 1.40 bits per heavy atom. The van der Waals surface area contributed by atoms with Gasteiger partial charge < -0.3 is 34.8 Å². The number of alkyl halides is 5. The maximum atomic E-state index is 13.6. The molecular weight excluding hydrogens is 1350 g/mol. The van der Waals surface area contributed by atoms with Crippen molar-refractivity contribution in [1.29, 1.82) is 0 Å². The number of aliphatic carboxylic acids is 1. The minimum atomic E-state index is -5.08. The predicted molar refractivity (Wildman–Crippen MR) is 367 cm³/mol. The molecule has 4 heterocycles. The third-order valence-electron chi connectivity index (χ3n) is 16.9. The number of benzene rings is 4. The van der Waals surface area contributed by atoms with Gasteiger partial charge >= 0.3 is 18.2 Å². The Kier molecular flexibility index (Phi) is 31.5. The largest absolute Gasteiger partial charge is 0.490 e. The first kappa shape index (κ1) is 80.2. The summed E-state index contributed by atoms with van der Waals surface area (Å²) in [6.07, 6.45) is 0.000379. The third-order valence-corrected chi connectivity index (χ3v) is 22.5. The number of nitrogens with zero attached hydrogens (tertiary/aromatic N) is 5. The second-order valence-corrected chi connectivity index (χ2v) is 29.2. The second kappa shape index (κ2) is 34.9. The van der Waals surface area contributed by atoms with Crippen molar-refractivity contribution in [1.82, 2.24) is 29.8 Å². The normalized spacial score (nSPS) is 18.6. The average Bonchev–Trinajstić information content (AvgIpc) is 1.86. The van der Waals surface area contributed by atoms with E-state index in [9.17, 15) is 36.0 Å². The number of amides is 3. The van der Waals surface area contributed by atoms with Gasteiger partial charge in [-0.2, -0.15) is 40.2 Å². The molecule has 2 fully saturated rings. The van der Waals surface area contributed by atoms with Gasteiger partial charge in [-0.1, -0.05) is 121 Å². The van der Waals surface area contributed by atoms with Gasteiger partial charge in [0.05, 0.1) is 46.0 Å². The average molecular weight is 1440 g/mol. The Bertz CT molecular complexity index is 3080. The highest BCUT2D eigenvalue weighted by Crippen LogP contribution is 2.49. The van der Waals surface area contributed by atoms with Gasteiger partial charge in [0.25, 0.3) is 0 Å². The molecule has 3 amide bonds. The highest BCUT2D eigenvalue weighted by molar-refractivity contribution is 7.85. The monoisotopic (exact) mass is 1440 g/mol. The van der Waals surface area contributed by atoms with Gasteiger partial charge in [-0.3, -0.25) is 22.9 Å². The number of carboxylic acid groups (broad SMARTS) is 1. The highest BCUT2D eigenvalue weighted by atomic mass is 35.5. The number of ether oxygens (including phenoxy) is 1. The molecular formula is C62H85Cl6F3N6O8S4. The number of carbonyl (C=O) groups excluding carboxylic acids is 3. The number of likely N-dealkylation sites (N-methyl/N-ethyl adjacent to an activating group) is 4. The molecule has 4 aliphatic rings. The first-order valence-electron chi connectivity index (χ1n) is 28.7. The molecule has 4 aliphatic heterocycles. The topological polar surface area (TPSA) is 160 Å². The van der Waals surface area contributed by atoms with E-state index >= 15 is 0 Å². The maximum Gasteiger partial charge on any atom is 0.490 e. The quantitative estimate of drug-likeness (QED) is 0.103. The lowest BCUT2D eigenvalue weighted by molar-refractivity contribution is -0.192. The fourth-order valence-corrected chi connectivity index (χ4v) is 16.4. The molecule has 14 nitrogen and oxygen atoms in total. The molecule has 8 rings (SSSR count). The van der Waals surface area contributed by atoms with Gasteiger partial charge in [-0.05, 0) is 150 Å². The summed E-state index contributed by atoms with van der Waals surface area (Å²) in [6.45, 7) is 14.9. The fraction of sp³-hybridized carbons (Fsp3) is 0.548. The van der Waals surface area contributed by atoms with E-state index < -0.39 is 56.5 Å². The summed E-state index contributed by atoms with van der Waals surface area (Å²) >= 11 is 35.0. The van der Waals surface area contributed by atoms with E-state index in [4.69, 9.17) is 84.2 Å². The van der Waals surface area contributed by atoms with Crippen molar-refractivity contribution in [2.45, 2.75) is 130 Å². The maximum absolute atomic E-state index is 13.6. The summed E-state index contributed by atoms with van der Waals surface area (Å²) in [5.41, 5.74) is 4.65. The minimum Gasteiger partial charge on any atom is -0.475 e. The molecule has 0 saturated carbocycles. The molecule has 2 saturated heterocycles. The zero-order valence-corrected chi connectivity index (χ0v) is 59.9. The van der Waals surface area contributed by atoms with Crippen LogP contribution in [-0.4, -0.2) is 160 Å². The SMILES string of the molecule is CCC(=O)N(C)CC(CCN1CCC2(CC1)c1ccccc1CS2=O)(NC)c1ccc(Cl)c(Cl)c1.CCC(=O)N(C)CC(CCN1CCC2(CC1)c1ccccc1CS2=O)(c1ccc(Cl)c(Cl)c1)N(C)C(=O)OC(C)(C)C.ClCCl.O=C(O)C(F)(F)F.S.S. The van der Waals surface area contributed by atoms with Crippen LogP contribution in [-0.2, 0) is 72.8 Å². The first-order valence-corrected chi connectivity index (χ1v) is 33.9. The van der Waals surface area contributed by atoms with Crippen LogP contribution in [0.1, 0.15) is 119 Å². The van der Waals surface area contributed by atoms with Crippen molar-refractivity contribution in [3.05, 3.63) is 138 Å². The Balaban J connectivity index is 0.000000400. The van der Waals surface area contributed by atoms with Crippen molar-refractivity contribution in [3.8, 4) is 0 Å². The summed E-state index contributed by atoms with van der Waals surface area (Å²) in [7, 11) is 5.48. The highest BCUT2D eigenvalue weighted by Gasteiger charge is 2.50. The van der Waals surface area contributed by atoms with Crippen molar-refractivity contribution >= 4 is 142 Å². The number of piperidine rings is 2. The van der Waals surface area contributed by atoms with E-state index in [0.29, 0.717) is 63.9 Å². The summed E-state index contributed by atoms with van der Waals surface area (Å²) in [5.74, 6) is -1.39. The summed E-state index contributed by atoms with van der Waals surface area (Å²) in [5, 5.41) is 12.7. The molecule has 4 atom stereocenters. The molecule has 4 aromatic rings. The number of rotatable bonds is 16. The molecule has 4 aromatic carbocycles. The van der Waals surface area contributed by atoms with Gasteiger partial charge in [0.1, 0.15) is 5.60 Å². The van der Waals surface area contributed by atoms with Crippen LogP contribution in [0.2, 0.25) is 20.1 Å². The van der Waals surface area contributed by atoms with Crippen molar-refractivity contribution < 1.29 is 50.6 Å². The first-order chi connectivity index (χ1) is 40.8. The summed E-state index contributed by atoms with van der Waals surface area (Å²) < 4.78 is 63.6. The van der Waals surface area contributed by atoms with Crippen LogP contribution in [0.4, 0.5) is 18.0 Å². The van der Waals surface area contributed by atoms with Crippen LogP contribution in [0, 0.1) is 0 Å². The van der Waals surface area contributed by atoms with Crippen LogP contribution in [0.15, 0.2) is 84.9 Å². The van der Waals surface area contributed by atoms with E-state index in [2.05, 4.69) is 45.4 Å². The number of carboxylic acids is 1. The molecule has 0 aromatic heterocycles. The number of halogens is 9. The molecule has 4 unspecified atom stereocenters. The van der Waals surface area contributed by atoms with Gasteiger partial charge in [0.15, 0.2) is 0 Å². The van der Waals surface area contributed by atoms with Gasteiger partial charge in [-0.15, -0.1) is 23.2 Å². The van der Waals surface area contributed by atoms with Crippen molar-refractivity contribution in [3.63, 3.8) is 0 Å². The summed E-state index contributed by atoms with van der Waals surface area (Å²) in [6, 6.07) is 27.9. The van der Waals surface area contributed by atoms with E-state index in [1.165, 1.54) is 22.3 Å². The van der Waals surface area contributed by atoms with Gasteiger partial charge in [0.2, 0.25) is 11.8 Å². The number of likely N-dealkylation sites (tertiary alicyclic amines) is 2. The van der Waals surface area contributed by atoms with Crippen LogP contribution in [0.5, 0.6) is 0 Å². The zero-order valence-electron chi connectivity index (χ0n) is 51.8. The van der Waals surface area contributed by atoms with Crippen LogP contribution in [0.25, 0.3) is 0 Å². The van der Waals surface area contributed by atoms with E-state index in [-0.39, 0.29) is 60.2 Å². The summed E-state index contributed by atoms with van der Waals surface area (Å²) in [4.78, 5) is 57.7. The van der Waals surface area contributed by atoms with Crippen LogP contribution >= 0.6 is 96.6 Å². The lowest BCUT2D eigenvalue weighted by atomic mass is 9.83. The smallest absolute Gasteiger partial charge is 0.475 e. The van der Waals surface area contributed by atoms with E-state index in [1.54, 1.807) is 40.9 Å². The molecule has 0 radical (unpaired) electrons. The van der Waals surface area contributed by atoms with Crippen molar-refractivity contribution in [2.75, 3.05) is 85.9 Å². The van der Waals surface area contributed by atoms with Crippen LogP contribution in [0.3, 0.4) is 0 Å². The number of carbonyl (C=O) groups is 4. The molecule has 498 valence electrons. The van der Waals surface area contributed by atoms with Crippen molar-refractivity contribution in [2.24, 2.45) is 0 Å². The number of nitrogens with one attached hydrogen (secondary N) is 1. The molecule has 27 heteroatoms. The standard InChI is InChI=1S/C32H43Cl2N3O4S.C27H35Cl2N3O2S.C2HF3O2.CH2Cl2.2H2S/c1-7-28(38)35(5)22-31(24-12-13-26(33)27(34)20-24,36(6)29(39)41-30(2,3)4)14-17-37-18-15-32(16-19-37)25-11-9-8-10-23(25)21-42(32)40;1-4-25(33)31(3)19-26(30-2,21-9-10-23(28)24(29)17-21)11-14-32-15-12-27(13-16-32)22-8-6-5-7-20(22)18-35(27)34;3-2(4,5)1(6)7;2-1-3;;/h8-13,20H,7,14-19,21-22H2,1-6H3;5-10,17,30H,4,11-16,18-19H2,1-3H3;(H,6,7);1H2;2*1H2. The molecule has 89 heavy (non-hydrogen) atoms. The van der Waals surface area contributed by atoms with E-state index in [0.717, 1.165) is 76.0 Å². The Hall–Kier alpha value is -3.03. The molecule has 2 spiro atoms. The zero-order chi connectivity index (χ0) is 64.9. The third kappa shape index (κ3) is 20.0. The van der Waals surface area contributed by atoms with E-state index in [1.807, 2.05) is 91.2 Å². The number of hydrogen-bond donors (Lipinski definition) is 2. The predicted octanol–water partition coefficient (Wildman–Crippen LogP) is 13.8.